The summed E-state index contributed by atoms with van der Waals surface area (Å²) >= 11 is 0. The van der Waals surface area contributed by atoms with Crippen molar-refractivity contribution in [2.45, 2.75) is 20.3 Å². The Hall–Kier alpha value is -1.06. The largest absolute Gasteiger partial charge is 0.356 e. The van der Waals surface area contributed by atoms with Crippen LogP contribution < -0.4 is 10.6 Å². The maximum absolute atomic E-state index is 11.4. The van der Waals surface area contributed by atoms with E-state index in [1.54, 1.807) is 6.92 Å². The van der Waals surface area contributed by atoms with Gasteiger partial charge in [-0.25, -0.2) is 0 Å². The van der Waals surface area contributed by atoms with Gasteiger partial charge in [0.15, 0.2) is 0 Å². The zero-order valence-electron chi connectivity index (χ0n) is 7.44. The predicted octanol–water partition coefficient (Wildman–Crippen LogP) is -0.351. The van der Waals surface area contributed by atoms with Crippen LogP contribution in [0.2, 0.25) is 0 Å². The van der Waals surface area contributed by atoms with Gasteiger partial charge < -0.3 is 10.6 Å². The van der Waals surface area contributed by atoms with Crippen molar-refractivity contribution >= 4 is 11.8 Å². The highest BCUT2D eigenvalue weighted by molar-refractivity contribution is 5.92. The molecule has 2 amide bonds. The van der Waals surface area contributed by atoms with Gasteiger partial charge in [-0.05, 0) is 13.8 Å². The molecular formula is C8H14N2O2. The average molecular weight is 170 g/mol. The summed E-state index contributed by atoms with van der Waals surface area (Å²) in [6.07, 6.45) is 0.304. The zero-order chi connectivity index (χ0) is 9.19. The molecule has 2 N–H and O–H groups in total. The number of rotatable bonds is 2. The van der Waals surface area contributed by atoms with E-state index in [9.17, 15) is 9.59 Å². The Morgan fingerprint density at radius 1 is 1.75 bits per heavy atom. The van der Waals surface area contributed by atoms with Crippen LogP contribution in [-0.2, 0) is 9.59 Å². The van der Waals surface area contributed by atoms with E-state index < -0.39 is 5.41 Å². The van der Waals surface area contributed by atoms with Gasteiger partial charge in [0.05, 0.1) is 5.41 Å². The minimum atomic E-state index is -0.535. The van der Waals surface area contributed by atoms with Crippen LogP contribution in [0.5, 0.6) is 0 Å². The number of carbonyl (C=O) groups excluding carboxylic acids is 2. The Morgan fingerprint density at radius 3 is 2.83 bits per heavy atom. The lowest BCUT2D eigenvalue weighted by atomic mass is 9.88. The standard InChI is InChI=1S/C8H14N2O2/c1-3-9-7(12)8(2)4-6(11)10-5-8/h3-5H2,1-2H3,(H,9,12)(H,10,11). The zero-order valence-corrected chi connectivity index (χ0v) is 7.44. The number of nitrogens with one attached hydrogen (secondary N) is 2. The van der Waals surface area contributed by atoms with Gasteiger partial charge in [-0.1, -0.05) is 0 Å². The molecule has 0 bridgehead atoms. The lowest BCUT2D eigenvalue weighted by Crippen LogP contribution is -2.40. The van der Waals surface area contributed by atoms with E-state index in [1.807, 2.05) is 6.92 Å². The van der Waals surface area contributed by atoms with E-state index in [2.05, 4.69) is 10.6 Å². The third-order valence-corrected chi connectivity index (χ3v) is 2.11. The number of carbonyl (C=O) groups is 2. The Balaban J connectivity index is 2.60. The number of amides is 2. The van der Waals surface area contributed by atoms with Crippen LogP contribution in [0, 0.1) is 5.41 Å². The van der Waals surface area contributed by atoms with Gasteiger partial charge in [-0.15, -0.1) is 0 Å². The molecule has 1 heterocycles. The smallest absolute Gasteiger partial charge is 0.228 e. The molecule has 68 valence electrons. The fourth-order valence-electron chi connectivity index (χ4n) is 1.31. The maximum atomic E-state index is 11.4. The summed E-state index contributed by atoms with van der Waals surface area (Å²) in [4.78, 5) is 22.3. The number of hydrogen-bond acceptors (Lipinski definition) is 2. The van der Waals surface area contributed by atoms with Crippen molar-refractivity contribution in [3.05, 3.63) is 0 Å². The normalized spacial score (nSPS) is 28.3. The van der Waals surface area contributed by atoms with Crippen molar-refractivity contribution in [1.29, 1.82) is 0 Å². The third kappa shape index (κ3) is 1.57. The first-order valence-corrected chi connectivity index (χ1v) is 4.13. The van der Waals surface area contributed by atoms with Crippen molar-refractivity contribution < 1.29 is 9.59 Å². The van der Waals surface area contributed by atoms with Crippen LogP contribution >= 0.6 is 0 Å². The van der Waals surface area contributed by atoms with Crippen LogP contribution in [0.1, 0.15) is 20.3 Å². The van der Waals surface area contributed by atoms with E-state index in [0.717, 1.165) is 0 Å². The summed E-state index contributed by atoms with van der Waals surface area (Å²) in [7, 11) is 0. The Labute approximate surface area is 71.7 Å². The molecule has 1 rings (SSSR count). The molecular weight excluding hydrogens is 156 g/mol. The molecule has 1 aliphatic heterocycles. The van der Waals surface area contributed by atoms with Crippen LogP contribution in [0.25, 0.3) is 0 Å². The van der Waals surface area contributed by atoms with Crippen LogP contribution in [-0.4, -0.2) is 24.9 Å². The van der Waals surface area contributed by atoms with Crippen molar-refractivity contribution in [3.63, 3.8) is 0 Å². The topological polar surface area (TPSA) is 58.2 Å². The lowest BCUT2D eigenvalue weighted by Gasteiger charge is -2.19. The second kappa shape index (κ2) is 3.13. The maximum Gasteiger partial charge on any atom is 0.228 e. The van der Waals surface area contributed by atoms with Gasteiger partial charge in [-0.3, -0.25) is 9.59 Å². The van der Waals surface area contributed by atoms with Crippen molar-refractivity contribution in [3.8, 4) is 0 Å². The minimum absolute atomic E-state index is 0.0382. The fourth-order valence-corrected chi connectivity index (χ4v) is 1.31. The Bertz CT molecular complexity index is 215. The lowest BCUT2D eigenvalue weighted by molar-refractivity contribution is -0.131. The van der Waals surface area contributed by atoms with E-state index in [-0.39, 0.29) is 11.8 Å². The summed E-state index contributed by atoms with van der Waals surface area (Å²) in [5.41, 5.74) is -0.535. The highest BCUT2D eigenvalue weighted by atomic mass is 16.2. The third-order valence-electron chi connectivity index (χ3n) is 2.11. The Kier molecular flexibility index (Phi) is 2.35. The van der Waals surface area contributed by atoms with Gasteiger partial charge in [0.2, 0.25) is 11.8 Å². The second-order valence-corrected chi connectivity index (χ2v) is 3.37. The summed E-state index contributed by atoms with van der Waals surface area (Å²) in [6.45, 7) is 4.74. The first-order chi connectivity index (χ1) is 5.58. The van der Waals surface area contributed by atoms with Gasteiger partial charge in [0, 0.05) is 19.5 Å². The average Bonchev–Trinajstić information content (AvgIpc) is 2.33. The molecule has 4 nitrogen and oxygen atoms in total. The summed E-state index contributed by atoms with van der Waals surface area (Å²) in [5.74, 6) is -0.0768. The van der Waals surface area contributed by atoms with Gasteiger partial charge in [-0.2, -0.15) is 0 Å². The number of hydrogen-bond donors (Lipinski definition) is 2. The monoisotopic (exact) mass is 170 g/mol. The molecule has 0 saturated carbocycles. The fraction of sp³-hybridized carbons (Fsp3) is 0.750. The van der Waals surface area contributed by atoms with Crippen LogP contribution in [0.4, 0.5) is 0 Å². The van der Waals surface area contributed by atoms with E-state index >= 15 is 0 Å². The van der Waals surface area contributed by atoms with Crippen molar-refractivity contribution in [2.75, 3.05) is 13.1 Å². The summed E-state index contributed by atoms with van der Waals surface area (Å²) in [5, 5.41) is 5.37. The molecule has 0 aromatic heterocycles. The minimum Gasteiger partial charge on any atom is -0.356 e. The van der Waals surface area contributed by atoms with E-state index in [0.29, 0.717) is 19.5 Å². The molecule has 1 fully saturated rings. The highest BCUT2D eigenvalue weighted by Crippen LogP contribution is 2.24. The SMILES string of the molecule is CCNC(=O)C1(C)CNC(=O)C1. The molecule has 0 radical (unpaired) electrons. The molecule has 1 unspecified atom stereocenters. The molecule has 0 spiro atoms. The molecule has 0 aromatic carbocycles. The van der Waals surface area contributed by atoms with Crippen LogP contribution in [0.15, 0.2) is 0 Å². The quantitative estimate of drug-likeness (QED) is 0.595. The molecule has 0 aliphatic carbocycles. The van der Waals surface area contributed by atoms with Crippen molar-refractivity contribution in [2.24, 2.45) is 5.41 Å². The second-order valence-electron chi connectivity index (χ2n) is 3.37. The van der Waals surface area contributed by atoms with Gasteiger partial charge in [0.25, 0.3) is 0 Å². The van der Waals surface area contributed by atoms with Crippen molar-refractivity contribution in [1.82, 2.24) is 10.6 Å². The molecule has 0 aromatic rings. The Morgan fingerprint density at radius 2 is 2.42 bits per heavy atom. The van der Waals surface area contributed by atoms with Gasteiger partial charge in [0.1, 0.15) is 0 Å². The summed E-state index contributed by atoms with van der Waals surface area (Å²) < 4.78 is 0. The van der Waals surface area contributed by atoms with Gasteiger partial charge >= 0.3 is 0 Å². The molecule has 1 atom stereocenters. The van der Waals surface area contributed by atoms with E-state index in [1.165, 1.54) is 0 Å². The molecule has 4 heteroatoms. The first kappa shape index (κ1) is 9.03. The molecule has 1 aliphatic rings. The highest BCUT2D eigenvalue weighted by Gasteiger charge is 2.40. The summed E-state index contributed by atoms with van der Waals surface area (Å²) in [6, 6.07) is 0. The van der Waals surface area contributed by atoms with Crippen LogP contribution in [0.3, 0.4) is 0 Å². The molecule has 12 heavy (non-hydrogen) atoms. The predicted molar refractivity (Wildman–Crippen MR) is 44.4 cm³/mol. The molecule has 1 saturated heterocycles. The first-order valence-electron chi connectivity index (χ1n) is 4.13. The van der Waals surface area contributed by atoms with E-state index in [4.69, 9.17) is 0 Å².